The standard InChI is InChI=1S/C10H10ClNO4/c1-2-3-6-7(10(13)14)4-5-8(11)9(6)12(15)16/h4-5H,2-3H2,1H3,(H,13,14). The van der Waals surface area contributed by atoms with E-state index in [0.717, 1.165) is 0 Å². The van der Waals surface area contributed by atoms with E-state index in [1.807, 2.05) is 6.92 Å². The van der Waals surface area contributed by atoms with Crippen molar-refractivity contribution < 1.29 is 14.8 Å². The van der Waals surface area contributed by atoms with Gasteiger partial charge >= 0.3 is 5.97 Å². The van der Waals surface area contributed by atoms with Crippen LogP contribution in [0.1, 0.15) is 29.3 Å². The highest BCUT2D eigenvalue weighted by Gasteiger charge is 2.24. The highest BCUT2D eigenvalue weighted by atomic mass is 35.5. The molecule has 0 aliphatic carbocycles. The van der Waals surface area contributed by atoms with Crippen molar-refractivity contribution in [3.05, 3.63) is 38.4 Å². The lowest BCUT2D eigenvalue weighted by Crippen LogP contribution is -2.06. The fourth-order valence-electron chi connectivity index (χ4n) is 1.51. The zero-order valence-electron chi connectivity index (χ0n) is 8.57. The number of hydrogen-bond donors (Lipinski definition) is 1. The normalized spacial score (nSPS) is 10.1. The second kappa shape index (κ2) is 4.94. The lowest BCUT2D eigenvalue weighted by molar-refractivity contribution is -0.385. The van der Waals surface area contributed by atoms with Gasteiger partial charge in [0, 0.05) is 5.56 Å². The molecule has 0 spiro atoms. The van der Waals surface area contributed by atoms with Crippen molar-refractivity contribution in [3.63, 3.8) is 0 Å². The Morgan fingerprint density at radius 1 is 1.56 bits per heavy atom. The van der Waals surface area contributed by atoms with Crippen LogP contribution in [-0.2, 0) is 6.42 Å². The van der Waals surface area contributed by atoms with E-state index in [2.05, 4.69) is 0 Å². The zero-order chi connectivity index (χ0) is 12.3. The van der Waals surface area contributed by atoms with Crippen molar-refractivity contribution in [1.82, 2.24) is 0 Å². The summed E-state index contributed by atoms with van der Waals surface area (Å²) in [6.07, 6.45) is 0.931. The molecule has 0 radical (unpaired) electrons. The molecule has 0 aromatic heterocycles. The van der Waals surface area contributed by atoms with Crippen molar-refractivity contribution in [3.8, 4) is 0 Å². The largest absolute Gasteiger partial charge is 0.478 e. The van der Waals surface area contributed by atoms with Gasteiger partial charge in [0.05, 0.1) is 10.5 Å². The summed E-state index contributed by atoms with van der Waals surface area (Å²) in [7, 11) is 0. The lowest BCUT2D eigenvalue weighted by atomic mass is 10.0. The summed E-state index contributed by atoms with van der Waals surface area (Å²) in [5, 5.41) is 19.7. The van der Waals surface area contributed by atoms with E-state index in [4.69, 9.17) is 16.7 Å². The fraction of sp³-hybridized carbons (Fsp3) is 0.300. The average molecular weight is 244 g/mol. The van der Waals surface area contributed by atoms with Crippen LogP contribution in [0.25, 0.3) is 0 Å². The first-order valence-corrected chi connectivity index (χ1v) is 5.05. The molecule has 1 N–H and O–H groups in total. The molecule has 0 amide bonds. The summed E-state index contributed by atoms with van der Waals surface area (Å²) >= 11 is 5.70. The molecular formula is C10H10ClNO4. The van der Waals surface area contributed by atoms with E-state index in [9.17, 15) is 14.9 Å². The Morgan fingerprint density at radius 2 is 2.19 bits per heavy atom. The van der Waals surface area contributed by atoms with E-state index in [0.29, 0.717) is 12.8 Å². The second-order valence-corrected chi connectivity index (χ2v) is 3.64. The Bertz CT molecular complexity index is 445. The van der Waals surface area contributed by atoms with Crippen LogP contribution in [0.5, 0.6) is 0 Å². The minimum absolute atomic E-state index is 0.0292. The van der Waals surface area contributed by atoms with Crippen molar-refractivity contribution >= 4 is 23.3 Å². The molecule has 0 atom stereocenters. The SMILES string of the molecule is CCCc1c(C(=O)O)ccc(Cl)c1[N+](=O)[O-]. The van der Waals surface area contributed by atoms with Crippen LogP contribution >= 0.6 is 11.6 Å². The van der Waals surface area contributed by atoms with Gasteiger partial charge in [-0.2, -0.15) is 0 Å². The molecule has 0 bridgehead atoms. The van der Waals surface area contributed by atoms with Gasteiger partial charge in [0.2, 0.25) is 0 Å². The molecule has 6 heteroatoms. The van der Waals surface area contributed by atoms with Gasteiger partial charge in [-0.25, -0.2) is 4.79 Å². The second-order valence-electron chi connectivity index (χ2n) is 3.23. The molecule has 0 saturated heterocycles. The highest BCUT2D eigenvalue weighted by molar-refractivity contribution is 6.33. The van der Waals surface area contributed by atoms with Gasteiger partial charge < -0.3 is 5.11 Å². The summed E-state index contributed by atoms with van der Waals surface area (Å²) in [6.45, 7) is 1.82. The lowest BCUT2D eigenvalue weighted by Gasteiger charge is -2.06. The predicted molar refractivity (Wildman–Crippen MR) is 59.1 cm³/mol. The number of nitro benzene ring substituents is 1. The predicted octanol–water partition coefficient (Wildman–Crippen LogP) is 2.90. The topological polar surface area (TPSA) is 80.4 Å². The first-order chi connectivity index (χ1) is 7.49. The monoisotopic (exact) mass is 243 g/mol. The number of carboxylic acids is 1. The zero-order valence-corrected chi connectivity index (χ0v) is 9.32. The molecule has 0 saturated carbocycles. The van der Waals surface area contributed by atoms with Crippen molar-refractivity contribution in [2.75, 3.05) is 0 Å². The highest BCUT2D eigenvalue weighted by Crippen LogP contribution is 2.32. The van der Waals surface area contributed by atoms with Gasteiger partial charge in [-0.3, -0.25) is 10.1 Å². The van der Waals surface area contributed by atoms with Crippen LogP contribution in [-0.4, -0.2) is 16.0 Å². The molecular weight excluding hydrogens is 234 g/mol. The van der Waals surface area contributed by atoms with Crippen LogP contribution < -0.4 is 0 Å². The van der Waals surface area contributed by atoms with Crippen molar-refractivity contribution in [2.24, 2.45) is 0 Å². The molecule has 16 heavy (non-hydrogen) atoms. The summed E-state index contributed by atoms with van der Waals surface area (Å²) in [5.41, 5.74) is -0.172. The molecule has 5 nitrogen and oxygen atoms in total. The number of halogens is 1. The van der Waals surface area contributed by atoms with Crippen LogP contribution in [0.2, 0.25) is 5.02 Å². The number of aromatic carboxylic acids is 1. The average Bonchev–Trinajstić information content (AvgIpc) is 2.17. The van der Waals surface area contributed by atoms with Crippen LogP contribution in [0, 0.1) is 10.1 Å². The smallest absolute Gasteiger partial charge is 0.336 e. The Balaban J connectivity index is 3.49. The maximum absolute atomic E-state index is 10.9. The number of nitrogens with zero attached hydrogens (tertiary/aromatic N) is 1. The van der Waals surface area contributed by atoms with E-state index in [1.165, 1.54) is 12.1 Å². The number of hydrogen-bond acceptors (Lipinski definition) is 3. The molecule has 1 aromatic carbocycles. The molecule has 0 fully saturated rings. The third-order valence-corrected chi connectivity index (χ3v) is 2.45. The van der Waals surface area contributed by atoms with Gasteiger partial charge in [0.15, 0.2) is 0 Å². The minimum atomic E-state index is -1.18. The number of nitro groups is 1. The molecule has 0 unspecified atom stereocenters. The van der Waals surface area contributed by atoms with Gasteiger partial charge in [0.1, 0.15) is 5.02 Å². The Kier molecular flexibility index (Phi) is 3.84. The first kappa shape index (κ1) is 12.4. The summed E-state index contributed by atoms with van der Waals surface area (Å²) in [4.78, 5) is 21.1. The first-order valence-electron chi connectivity index (χ1n) is 4.68. The third-order valence-electron chi connectivity index (χ3n) is 2.15. The van der Waals surface area contributed by atoms with Crippen LogP contribution in [0.3, 0.4) is 0 Å². The minimum Gasteiger partial charge on any atom is -0.478 e. The number of carboxylic acid groups (broad SMARTS) is 1. The molecule has 1 rings (SSSR count). The molecule has 0 aliphatic heterocycles. The maximum atomic E-state index is 10.9. The maximum Gasteiger partial charge on any atom is 0.336 e. The third kappa shape index (κ3) is 2.30. The Hall–Kier alpha value is -1.62. The molecule has 0 heterocycles. The van der Waals surface area contributed by atoms with E-state index in [-0.39, 0.29) is 21.8 Å². The molecule has 86 valence electrons. The van der Waals surface area contributed by atoms with Crippen molar-refractivity contribution in [1.29, 1.82) is 0 Å². The van der Waals surface area contributed by atoms with Gasteiger partial charge in [0.25, 0.3) is 5.69 Å². The van der Waals surface area contributed by atoms with Crippen LogP contribution in [0.15, 0.2) is 12.1 Å². The van der Waals surface area contributed by atoms with E-state index < -0.39 is 10.9 Å². The Morgan fingerprint density at radius 3 is 2.62 bits per heavy atom. The summed E-state index contributed by atoms with van der Waals surface area (Å²) in [6, 6.07) is 2.53. The van der Waals surface area contributed by atoms with E-state index >= 15 is 0 Å². The summed E-state index contributed by atoms with van der Waals surface area (Å²) < 4.78 is 0. The fourth-order valence-corrected chi connectivity index (χ4v) is 1.75. The quantitative estimate of drug-likeness (QED) is 0.651. The number of rotatable bonds is 4. The van der Waals surface area contributed by atoms with Crippen molar-refractivity contribution in [2.45, 2.75) is 19.8 Å². The number of carbonyl (C=O) groups is 1. The molecule has 1 aromatic rings. The summed E-state index contributed by atoms with van der Waals surface area (Å²) in [5.74, 6) is -1.18. The van der Waals surface area contributed by atoms with Crippen LogP contribution in [0.4, 0.5) is 5.69 Å². The van der Waals surface area contributed by atoms with E-state index in [1.54, 1.807) is 0 Å². The Labute approximate surface area is 96.8 Å². The number of benzene rings is 1. The van der Waals surface area contributed by atoms with Gasteiger partial charge in [-0.05, 0) is 18.6 Å². The molecule has 0 aliphatic rings. The van der Waals surface area contributed by atoms with Gasteiger partial charge in [-0.15, -0.1) is 0 Å². The van der Waals surface area contributed by atoms with Gasteiger partial charge in [-0.1, -0.05) is 24.9 Å².